The molecule has 0 saturated heterocycles. The van der Waals surface area contributed by atoms with Gasteiger partial charge in [0.2, 0.25) is 4.80 Å². The zero-order valence-corrected chi connectivity index (χ0v) is 12.1. The molecule has 1 heterocycles. The zero-order valence-electron chi connectivity index (χ0n) is 9.04. The van der Waals surface area contributed by atoms with Gasteiger partial charge in [-0.05, 0) is 19.1 Å². The maximum atomic E-state index is 6.14. The third-order valence-corrected chi connectivity index (χ3v) is 3.76. The Morgan fingerprint density at radius 1 is 1.24 bits per heavy atom. The molecule has 0 N–H and O–H groups in total. The van der Waals surface area contributed by atoms with Crippen molar-refractivity contribution in [3.8, 4) is 5.69 Å². The van der Waals surface area contributed by atoms with Gasteiger partial charge >= 0.3 is 0 Å². The third kappa shape index (κ3) is 2.50. The Morgan fingerprint density at radius 3 is 2.35 bits per heavy atom. The lowest BCUT2D eigenvalue weighted by Gasteiger charge is -2.07. The predicted octanol–water partition coefficient (Wildman–Crippen LogP) is 3.73. The highest BCUT2D eigenvalue weighted by Gasteiger charge is 2.13. The third-order valence-electron chi connectivity index (χ3n) is 2.05. The number of halogens is 3. The van der Waals surface area contributed by atoms with E-state index in [4.69, 9.17) is 34.8 Å². The van der Waals surface area contributed by atoms with Crippen molar-refractivity contribution in [2.45, 2.75) is 6.92 Å². The number of rotatable bonds is 1. The first-order valence-electron chi connectivity index (χ1n) is 4.67. The maximum Gasteiger partial charge on any atom is 0.207 e. The number of aromatic nitrogens is 2. The van der Waals surface area contributed by atoms with Crippen LogP contribution in [0.15, 0.2) is 17.1 Å². The average Bonchev–Trinajstić information content (AvgIpc) is 2.58. The van der Waals surface area contributed by atoms with E-state index < -0.39 is 0 Å². The summed E-state index contributed by atoms with van der Waals surface area (Å²) in [5.41, 5.74) is 0.600. The highest BCUT2D eigenvalue weighted by molar-refractivity contribution is 7.08. The van der Waals surface area contributed by atoms with Gasteiger partial charge in [-0.2, -0.15) is 5.10 Å². The number of benzene rings is 1. The van der Waals surface area contributed by atoms with E-state index in [1.807, 2.05) is 6.92 Å². The van der Waals surface area contributed by atoms with Crippen molar-refractivity contribution in [1.82, 2.24) is 9.78 Å². The fraction of sp³-hybridized carbons (Fsp3) is 0.200. The molecule has 0 atom stereocenters. The van der Waals surface area contributed by atoms with Crippen LogP contribution in [0.5, 0.6) is 0 Å². The minimum absolute atomic E-state index is 0.447. The molecule has 0 aliphatic rings. The van der Waals surface area contributed by atoms with Crippen molar-refractivity contribution in [1.29, 1.82) is 0 Å². The molecule has 7 heteroatoms. The monoisotopic (exact) mass is 307 g/mol. The molecule has 1 aromatic heterocycles. The lowest BCUT2D eigenvalue weighted by molar-refractivity contribution is 0.816. The van der Waals surface area contributed by atoms with Crippen LogP contribution in [0.2, 0.25) is 15.1 Å². The van der Waals surface area contributed by atoms with Gasteiger partial charge in [0.05, 0.1) is 10.0 Å². The number of nitrogens with zero attached hydrogens (tertiary/aromatic N) is 3. The second-order valence-electron chi connectivity index (χ2n) is 3.26. The quantitative estimate of drug-likeness (QED) is 0.789. The van der Waals surface area contributed by atoms with Crippen molar-refractivity contribution >= 4 is 46.1 Å². The van der Waals surface area contributed by atoms with Crippen LogP contribution in [0.3, 0.4) is 0 Å². The largest absolute Gasteiger partial charge is 0.261 e. The average molecular weight is 309 g/mol. The summed E-state index contributed by atoms with van der Waals surface area (Å²) in [5.74, 6) is 0. The highest BCUT2D eigenvalue weighted by Crippen LogP contribution is 2.31. The van der Waals surface area contributed by atoms with E-state index in [-0.39, 0.29) is 0 Å². The molecule has 90 valence electrons. The molecule has 1 aromatic carbocycles. The number of aryl methyl sites for hydroxylation is 1. The van der Waals surface area contributed by atoms with Crippen LogP contribution < -0.4 is 4.80 Å². The maximum absolute atomic E-state index is 6.14. The van der Waals surface area contributed by atoms with Crippen LogP contribution in [0, 0.1) is 6.92 Å². The molecular weight excluding hydrogens is 301 g/mol. The SMILES string of the molecule is CN=c1sc(C)nn1-c1c(Cl)cc(Cl)cc1Cl. The van der Waals surface area contributed by atoms with E-state index in [2.05, 4.69) is 10.1 Å². The number of hydrogen-bond acceptors (Lipinski definition) is 3. The zero-order chi connectivity index (χ0) is 12.6. The minimum Gasteiger partial charge on any atom is -0.261 e. The van der Waals surface area contributed by atoms with E-state index in [9.17, 15) is 0 Å². The summed E-state index contributed by atoms with van der Waals surface area (Å²) in [6, 6.07) is 3.26. The molecule has 0 bridgehead atoms. The molecule has 17 heavy (non-hydrogen) atoms. The van der Waals surface area contributed by atoms with Gasteiger partial charge in [0.1, 0.15) is 10.7 Å². The van der Waals surface area contributed by atoms with Gasteiger partial charge in [0.15, 0.2) is 0 Å². The van der Waals surface area contributed by atoms with Gasteiger partial charge in [-0.3, -0.25) is 4.99 Å². The molecular formula is C10H8Cl3N3S. The first-order chi connectivity index (χ1) is 8.02. The van der Waals surface area contributed by atoms with Crippen LogP contribution in [0.25, 0.3) is 5.69 Å². The molecule has 0 radical (unpaired) electrons. The Labute approximate surface area is 117 Å². The van der Waals surface area contributed by atoms with Crippen molar-refractivity contribution in [2.75, 3.05) is 7.05 Å². The van der Waals surface area contributed by atoms with Crippen molar-refractivity contribution in [2.24, 2.45) is 4.99 Å². The first-order valence-corrected chi connectivity index (χ1v) is 6.62. The Hall–Kier alpha value is -0.550. The van der Waals surface area contributed by atoms with Crippen LogP contribution in [-0.4, -0.2) is 16.8 Å². The van der Waals surface area contributed by atoms with Crippen LogP contribution in [0.1, 0.15) is 5.01 Å². The van der Waals surface area contributed by atoms with E-state index in [1.165, 1.54) is 11.3 Å². The molecule has 3 nitrogen and oxygen atoms in total. The van der Waals surface area contributed by atoms with Crippen LogP contribution in [-0.2, 0) is 0 Å². The number of hydrogen-bond donors (Lipinski definition) is 0. The highest BCUT2D eigenvalue weighted by atomic mass is 35.5. The summed E-state index contributed by atoms with van der Waals surface area (Å²) < 4.78 is 1.63. The summed E-state index contributed by atoms with van der Waals surface area (Å²) in [5, 5.41) is 6.60. The van der Waals surface area contributed by atoms with Crippen molar-refractivity contribution in [3.05, 3.63) is 37.0 Å². The van der Waals surface area contributed by atoms with Gasteiger partial charge in [-0.25, -0.2) is 4.68 Å². The molecule has 0 aliphatic carbocycles. The Bertz CT molecular complexity index is 607. The summed E-state index contributed by atoms with van der Waals surface area (Å²) in [6.45, 7) is 1.90. The fourth-order valence-electron chi connectivity index (χ4n) is 1.40. The normalized spacial score (nSPS) is 12.2. The smallest absolute Gasteiger partial charge is 0.207 e. The second kappa shape index (κ2) is 4.98. The molecule has 0 amide bonds. The lowest BCUT2D eigenvalue weighted by Crippen LogP contribution is -2.15. The Kier molecular flexibility index (Phi) is 3.78. The molecule has 0 fully saturated rings. The van der Waals surface area contributed by atoms with Gasteiger partial charge in [0.25, 0.3) is 0 Å². The van der Waals surface area contributed by atoms with Gasteiger partial charge in [-0.1, -0.05) is 46.1 Å². The molecule has 0 unspecified atom stereocenters. The van der Waals surface area contributed by atoms with E-state index >= 15 is 0 Å². The van der Waals surface area contributed by atoms with Crippen molar-refractivity contribution in [3.63, 3.8) is 0 Å². The molecule has 0 saturated carbocycles. The molecule has 2 aromatic rings. The Balaban J connectivity index is 2.77. The standard InChI is InChI=1S/C10H8Cl3N3S/c1-5-15-16(10(14-2)17-5)9-7(12)3-6(11)4-8(9)13/h3-4H,1-2H3. The van der Waals surface area contributed by atoms with E-state index in [0.717, 1.165) is 9.81 Å². The summed E-state index contributed by atoms with van der Waals surface area (Å²) in [7, 11) is 1.70. The minimum atomic E-state index is 0.447. The summed E-state index contributed by atoms with van der Waals surface area (Å²) in [4.78, 5) is 4.87. The second-order valence-corrected chi connectivity index (χ2v) is 5.67. The fourth-order valence-corrected chi connectivity index (χ4v) is 3.08. The van der Waals surface area contributed by atoms with Gasteiger partial charge in [-0.15, -0.1) is 0 Å². The lowest BCUT2D eigenvalue weighted by atomic mass is 10.3. The Morgan fingerprint density at radius 2 is 1.82 bits per heavy atom. The van der Waals surface area contributed by atoms with Crippen LogP contribution >= 0.6 is 46.1 Å². The summed E-state index contributed by atoms with van der Waals surface area (Å²) >= 11 is 19.6. The van der Waals surface area contributed by atoms with E-state index in [0.29, 0.717) is 20.8 Å². The topological polar surface area (TPSA) is 30.2 Å². The summed E-state index contributed by atoms with van der Waals surface area (Å²) in [6.07, 6.45) is 0. The van der Waals surface area contributed by atoms with Crippen LogP contribution in [0.4, 0.5) is 0 Å². The van der Waals surface area contributed by atoms with Gasteiger partial charge < -0.3 is 0 Å². The van der Waals surface area contributed by atoms with Crippen molar-refractivity contribution < 1.29 is 0 Å². The molecule has 2 rings (SSSR count). The predicted molar refractivity (Wildman–Crippen MR) is 72.7 cm³/mol. The molecule has 0 spiro atoms. The van der Waals surface area contributed by atoms with E-state index in [1.54, 1.807) is 23.9 Å². The van der Waals surface area contributed by atoms with Gasteiger partial charge in [0, 0.05) is 12.1 Å². The first kappa shape index (κ1) is 12.9. The molecule has 0 aliphatic heterocycles.